The molecule has 0 aliphatic carbocycles. The van der Waals surface area contributed by atoms with Crippen LogP contribution in [0.3, 0.4) is 0 Å². The number of hydrogen-bond acceptors (Lipinski definition) is 6. The third-order valence-electron chi connectivity index (χ3n) is 3.72. The van der Waals surface area contributed by atoms with Crippen LogP contribution in [0.5, 0.6) is 5.75 Å². The van der Waals surface area contributed by atoms with Gasteiger partial charge in [-0.05, 0) is 49.2 Å². The van der Waals surface area contributed by atoms with Crippen LogP contribution in [0.2, 0.25) is 0 Å². The summed E-state index contributed by atoms with van der Waals surface area (Å²) in [7, 11) is 3.27. The summed E-state index contributed by atoms with van der Waals surface area (Å²) in [6.45, 7) is 4.45. The zero-order valence-electron chi connectivity index (χ0n) is 15.5. The molecule has 0 spiro atoms. The fourth-order valence-electron chi connectivity index (χ4n) is 2.33. The molecule has 7 nitrogen and oxygen atoms in total. The summed E-state index contributed by atoms with van der Waals surface area (Å²) in [5.41, 5.74) is 6.54. The average Bonchev–Trinajstić information content (AvgIpc) is 2.67. The number of carbonyl (C=O) groups excluding carboxylic acids is 2. The first kappa shape index (κ1) is 21.0. The van der Waals surface area contributed by atoms with Gasteiger partial charge in [0, 0.05) is 18.3 Å². The number of anilines is 1. The molecule has 1 amide bonds. The molecule has 0 aromatic heterocycles. The lowest BCUT2D eigenvalue weighted by Crippen LogP contribution is -2.18. The van der Waals surface area contributed by atoms with Crippen LogP contribution in [-0.4, -0.2) is 26.5 Å². The van der Waals surface area contributed by atoms with Crippen LogP contribution in [0.15, 0.2) is 36.4 Å². The third-order valence-corrected chi connectivity index (χ3v) is 3.72. The summed E-state index contributed by atoms with van der Waals surface area (Å²) in [5, 5.41) is 3.18. The van der Waals surface area contributed by atoms with Gasteiger partial charge in [-0.2, -0.15) is 0 Å². The monoisotopic (exact) mass is 359 g/mol. The topological polar surface area (TPSA) is 103 Å². The van der Waals surface area contributed by atoms with Crippen molar-refractivity contribution < 1.29 is 19.1 Å². The van der Waals surface area contributed by atoms with Gasteiger partial charge >= 0.3 is 5.97 Å². The number of aryl methyl sites for hydroxylation is 2. The van der Waals surface area contributed by atoms with Gasteiger partial charge in [0.1, 0.15) is 12.4 Å². The number of nitrogens with two attached hydrogens (primary N) is 1. The molecule has 0 saturated carbocycles. The van der Waals surface area contributed by atoms with Gasteiger partial charge in [0.25, 0.3) is 0 Å². The highest BCUT2D eigenvalue weighted by Crippen LogP contribution is 2.24. The molecule has 26 heavy (non-hydrogen) atoms. The van der Waals surface area contributed by atoms with E-state index in [2.05, 4.69) is 24.1 Å². The number of hydrogen-bond donors (Lipinski definition) is 3. The van der Waals surface area contributed by atoms with E-state index in [-0.39, 0.29) is 5.97 Å². The predicted molar refractivity (Wildman–Crippen MR) is 101 cm³/mol. The molecular formula is C19H25N3O4. The second kappa shape index (κ2) is 10.7. The third kappa shape index (κ3) is 5.78. The molecule has 0 aliphatic rings. The number of methoxy groups -OCH3 is 1. The minimum atomic E-state index is -0.342. The summed E-state index contributed by atoms with van der Waals surface area (Å²) in [6, 6.07) is 11.4. The van der Waals surface area contributed by atoms with E-state index >= 15 is 0 Å². The highest BCUT2D eigenvalue weighted by Gasteiger charge is 2.10. The van der Waals surface area contributed by atoms with Crippen molar-refractivity contribution in [3.05, 3.63) is 58.7 Å². The van der Waals surface area contributed by atoms with E-state index in [1.807, 2.05) is 26.1 Å². The smallest absolute Gasteiger partial charge is 0.337 e. The Morgan fingerprint density at radius 3 is 2.42 bits per heavy atom. The fraction of sp³-hybridized carbons (Fsp3) is 0.263. The van der Waals surface area contributed by atoms with E-state index in [0.29, 0.717) is 18.6 Å². The minimum Gasteiger partial charge on any atom is -0.489 e. The van der Waals surface area contributed by atoms with Crippen LogP contribution in [0.4, 0.5) is 5.69 Å². The molecule has 140 valence electrons. The number of benzene rings is 2. The number of rotatable bonds is 6. The Morgan fingerprint density at radius 2 is 1.88 bits per heavy atom. The van der Waals surface area contributed by atoms with Gasteiger partial charge in [-0.3, -0.25) is 10.2 Å². The van der Waals surface area contributed by atoms with E-state index in [0.717, 1.165) is 22.6 Å². The maximum absolute atomic E-state index is 11.5. The number of nitrogens with one attached hydrogen (secondary N) is 2. The molecule has 0 radical (unpaired) electrons. The highest BCUT2D eigenvalue weighted by molar-refractivity contribution is 5.89. The lowest BCUT2D eigenvalue weighted by atomic mass is 10.1. The molecule has 2 rings (SSSR count). The van der Waals surface area contributed by atoms with Gasteiger partial charge in [-0.1, -0.05) is 12.1 Å². The number of carbonyl (C=O) groups is 2. The fourth-order valence-corrected chi connectivity index (χ4v) is 2.33. The van der Waals surface area contributed by atoms with Crippen LogP contribution in [-0.2, 0) is 16.1 Å². The van der Waals surface area contributed by atoms with Crippen LogP contribution < -0.4 is 21.3 Å². The zero-order valence-corrected chi connectivity index (χ0v) is 15.5. The van der Waals surface area contributed by atoms with Crippen LogP contribution in [0.25, 0.3) is 0 Å². The molecular weight excluding hydrogens is 334 g/mol. The first-order chi connectivity index (χ1) is 12.5. The Hall–Kier alpha value is -3.06. The standard InChI is InChI=1S/C18H21NO3.CH4N2O/c1-12-6-5-7-16(19-3)15(12)11-22-17-9-8-14(10-13(17)2)18(20)21-4;2-3-1-4/h5-10,19H,11H2,1-4H3;1H,2H2,(H,3,4). The van der Waals surface area contributed by atoms with Crippen molar-refractivity contribution in [1.82, 2.24) is 5.43 Å². The Balaban J connectivity index is 0.000000765. The first-order valence-corrected chi connectivity index (χ1v) is 7.96. The molecule has 2 aromatic rings. The largest absolute Gasteiger partial charge is 0.489 e. The Labute approximate surface area is 153 Å². The minimum absolute atomic E-state index is 0.342. The maximum atomic E-state index is 11.5. The Kier molecular flexibility index (Phi) is 8.66. The summed E-state index contributed by atoms with van der Waals surface area (Å²) >= 11 is 0. The van der Waals surface area contributed by atoms with Crippen LogP contribution >= 0.6 is 0 Å². The zero-order chi connectivity index (χ0) is 19.5. The van der Waals surface area contributed by atoms with E-state index < -0.39 is 0 Å². The SMILES string of the molecule is CNc1cccc(C)c1COc1ccc(C(=O)OC)cc1C.NNC=O. The van der Waals surface area contributed by atoms with Crippen molar-refractivity contribution in [3.8, 4) is 5.75 Å². The van der Waals surface area contributed by atoms with Crippen molar-refractivity contribution >= 4 is 18.1 Å². The summed E-state index contributed by atoms with van der Waals surface area (Å²) in [6.07, 6.45) is 0.403. The van der Waals surface area contributed by atoms with Gasteiger partial charge in [0.05, 0.1) is 12.7 Å². The van der Waals surface area contributed by atoms with Crippen molar-refractivity contribution in [2.45, 2.75) is 20.5 Å². The molecule has 0 saturated heterocycles. The summed E-state index contributed by atoms with van der Waals surface area (Å²) in [5.74, 6) is 4.83. The molecule has 0 aliphatic heterocycles. The summed E-state index contributed by atoms with van der Waals surface area (Å²) in [4.78, 5) is 20.5. The van der Waals surface area contributed by atoms with Crippen molar-refractivity contribution in [2.24, 2.45) is 5.84 Å². The van der Waals surface area contributed by atoms with Gasteiger partial charge in [-0.25, -0.2) is 10.6 Å². The number of ether oxygens (including phenoxy) is 2. The van der Waals surface area contributed by atoms with Gasteiger partial charge in [0.15, 0.2) is 0 Å². The lowest BCUT2D eigenvalue weighted by molar-refractivity contribution is -0.109. The first-order valence-electron chi connectivity index (χ1n) is 7.96. The number of esters is 1. The van der Waals surface area contributed by atoms with Crippen molar-refractivity contribution in [3.63, 3.8) is 0 Å². The summed E-state index contributed by atoms with van der Waals surface area (Å²) < 4.78 is 10.6. The van der Waals surface area contributed by atoms with Crippen molar-refractivity contribution in [2.75, 3.05) is 19.5 Å². The molecule has 0 fully saturated rings. The molecule has 4 N–H and O–H groups in total. The van der Waals surface area contributed by atoms with E-state index in [4.69, 9.17) is 14.3 Å². The van der Waals surface area contributed by atoms with Gasteiger partial charge < -0.3 is 14.8 Å². The lowest BCUT2D eigenvalue weighted by Gasteiger charge is -2.15. The van der Waals surface area contributed by atoms with Gasteiger partial charge in [-0.15, -0.1) is 0 Å². The Bertz CT molecular complexity index is 748. The molecule has 0 bridgehead atoms. The molecule has 2 aromatic carbocycles. The van der Waals surface area contributed by atoms with Crippen LogP contribution in [0.1, 0.15) is 27.0 Å². The second-order valence-corrected chi connectivity index (χ2v) is 5.40. The predicted octanol–water partition coefficient (Wildman–Crippen LogP) is 2.32. The molecule has 0 heterocycles. The van der Waals surface area contributed by atoms with Crippen molar-refractivity contribution in [1.29, 1.82) is 0 Å². The van der Waals surface area contributed by atoms with E-state index in [9.17, 15) is 4.79 Å². The second-order valence-electron chi connectivity index (χ2n) is 5.40. The molecule has 7 heteroatoms. The molecule has 0 unspecified atom stereocenters. The highest BCUT2D eigenvalue weighted by atomic mass is 16.5. The number of hydrazine groups is 1. The van der Waals surface area contributed by atoms with Gasteiger partial charge in [0.2, 0.25) is 6.41 Å². The number of amides is 1. The Morgan fingerprint density at radius 1 is 1.19 bits per heavy atom. The van der Waals surface area contributed by atoms with E-state index in [1.165, 1.54) is 12.7 Å². The quantitative estimate of drug-likeness (QED) is 0.240. The normalized spacial score (nSPS) is 9.42. The average molecular weight is 359 g/mol. The van der Waals surface area contributed by atoms with Crippen LogP contribution in [0, 0.1) is 13.8 Å². The molecule has 0 atom stereocenters. The maximum Gasteiger partial charge on any atom is 0.337 e. The van der Waals surface area contributed by atoms with E-state index in [1.54, 1.807) is 23.6 Å².